The second-order valence-electron chi connectivity index (χ2n) is 6.16. The van der Waals surface area contributed by atoms with Crippen LogP contribution in [0.25, 0.3) is 27.3 Å². The van der Waals surface area contributed by atoms with Crippen molar-refractivity contribution in [1.82, 2.24) is 0 Å². The minimum atomic E-state index is -4.94. The summed E-state index contributed by atoms with van der Waals surface area (Å²) in [6.45, 7) is 1.80. The third kappa shape index (κ3) is 4.32. The smallest absolute Gasteiger partial charge is 0.436 e. The van der Waals surface area contributed by atoms with E-state index in [1.54, 1.807) is 40.3 Å². The Kier molecular flexibility index (Phi) is 6.61. The van der Waals surface area contributed by atoms with Gasteiger partial charge in [-0.3, -0.25) is 4.18 Å². The molecule has 0 spiro atoms. The Morgan fingerprint density at radius 1 is 1.10 bits per heavy atom. The number of ether oxygens (including phenoxy) is 1. The lowest BCUT2D eigenvalue weighted by Crippen LogP contribution is -2.43. The Bertz CT molecular complexity index is 1110. The molecule has 0 aliphatic rings. The maximum Gasteiger partial charge on any atom is 0.436 e. The largest absolute Gasteiger partial charge is 0.493 e. The van der Waals surface area contributed by atoms with Crippen LogP contribution in [-0.2, 0) is 8.92 Å². The summed E-state index contributed by atoms with van der Waals surface area (Å²) in [5, 5.41) is 13.2. The van der Waals surface area contributed by atoms with E-state index in [9.17, 15) is 18.4 Å². The molecule has 150 valence electrons. The maximum atomic E-state index is 13.6. The molecule has 29 heavy (non-hydrogen) atoms. The minimum Gasteiger partial charge on any atom is -0.493 e. The van der Waals surface area contributed by atoms with Crippen molar-refractivity contribution in [2.75, 3.05) is 6.61 Å². The van der Waals surface area contributed by atoms with Crippen molar-refractivity contribution in [3.63, 3.8) is 0 Å². The molecule has 3 aromatic carbocycles. The molecule has 0 aliphatic carbocycles. The normalized spacial score (nSPS) is 14.6. The third-order valence-corrected chi connectivity index (χ3v) is 5.28. The summed E-state index contributed by atoms with van der Waals surface area (Å²) < 4.78 is 51.2. The molecule has 0 bridgehead atoms. The Morgan fingerprint density at radius 2 is 1.79 bits per heavy atom. The molecule has 0 fully saturated rings. The van der Waals surface area contributed by atoms with E-state index in [0.717, 1.165) is 21.5 Å². The van der Waals surface area contributed by atoms with E-state index in [1.165, 1.54) is 6.07 Å². The van der Waals surface area contributed by atoms with E-state index in [4.69, 9.17) is 8.92 Å². The average molecular weight is 529 g/mol. The lowest BCUT2D eigenvalue weighted by molar-refractivity contribution is -0.203. The molecule has 0 amide bonds. The van der Waals surface area contributed by atoms with Crippen LogP contribution in [-0.4, -0.2) is 18.4 Å². The number of benzene rings is 3. The Morgan fingerprint density at radius 3 is 2.45 bits per heavy atom. The van der Waals surface area contributed by atoms with Gasteiger partial charge in [0.05, 0.1) is 15.8 Å². The highest BCUT2D eigenvalue weighted by molar-refractivity contribution is 14.2. The molecule has 1 unspecified atom stereocenters. The summed E-state index contributed by atoms with van der Waals surface area (Å²) in [6.07, 6.45) is -4.24. The summed E-state index contributed by atoms with van der Waals surface area (Å²) in [4.78, 5) is 0. The molecule has 3 aromatic rings. The number of rotatable bonds is 6. The molecule has 8 heteroatoms. The molecular weight excluding hydrogens is 514 g/mol. The number of alkyl halides is 3. The summed E-state index contributed by atoms with van der Waals surface area (Å²) in [5.74, 6) is -0.0631. The van der Waals surface area contributed by atoms with E-state index in [1.807, 2.05) is 42.5 Å². The van der Waals surface area contributed by atoms with Gasteiger partial charge < -0.3 is 4.74 Å². The van der Waals surface area contributed by atoms with Gasteiger partial charge >= 0.3 is 6.18 Å². The van der Waals surface area contributed by atoms with Crippen LogP contribution in [0.1, 0.15) is 12.5 Å². The molecule has 0 saturated carbocycles. The maximum absolute atomic E-state index is 13.6. The zero-order valence-electron chi connectivity index (χ0n) is 15.2. The third-order valence-electron chi connectivity index (χ3n) is 4.41. The van der Waals surface area contributed by atoms with Crippen molar-refractivity contribution < 1.29 is 22.1 Å². The van der Waals surface area contributed by atoms with Gasteiger partial charge in [0.2, 0.25) is 0 Å². The molecular formula is C21H15F3INO2S. The quantitative estimate of drug-likeness (QED) is 0.147. The van der Waals surface area contributed by atoms with Crippen molar-refractivity contribution in [3.8, 4) is 6.07 Å². The van der Waals surface area contributed by atoms with E-state index in [-0.39, 0.29) is 12.4 Å². The van der Waals surface area contributed by atoms with Gasteiger partial charge in [-0.1, -0.05) is 48.5 Å². The fraction of sp³-hybridized carbons (Fsp3) is 0.190. The molecule has 0 N–H and O–H groups in total. The van der Waals surface area contributed by atoms with E-state index in [2.05, 4.69) is 0 Å². The number of halogens is 4. The van der Waals surface area contributed by atoms with Crippen LogP contribution in [0.2, 0.25) is 0 Å². The second-order valence-corrected chi connectivity index (χ2v) is 7.53. The molecule has 0 radical (unpaired) electrons. The van der Waals surface area contributed by atoms with Gasteiger partial charge in [-0.15, -0.1) is 0 Å². The number of hydrogen-bond acceptors (Lipinski definition) is 4. The molecule has 0 aliphatic heterocycles. The van der Waals surface area contributed by atoms with Gasteiger partial charge in [0.1, 0.15) is 11.8 Å². The summed E-state index contributed by atoms with van der Waals surface area (Å²) >= 11 is 1.55. The predicted molar refractivity (Wildman–Crippen MR) is 118 cm³/mol. The Labute approximate surface area is 182 Å². The summed E-state index contributed by atoms with van der Waals surface area (Å²) in [5.41, 5.74) is -2.69. The summed E-state index contributed by atoms with van der Waals surface area (Å²) in [6, 6.07) is 18.3. The molecule has 3 nitrogen and oxygen atoms in total. The first kappa shape index (κ1) is 21.7. The van der Waals surface area contributed by atoms with Crippen LogP contribution in [0.4, 0.5) is 13.2 Å². The number of nitriles is 1. The number of hydrogen-bond donors (Lipinski definition) is 0. The van der Waals surface area contributed by atoms with Gasteiger partial charge in [0.25, 0.3) is 5.60 Å². The second kappa shape index (κ2) is 8.81. The highest BCUT2D eigenvalue weighted by Crippen LogP contribution is 2.41. The monoisotopic (exact) mass is 529 g/mol. The fourth-order valence-corrected chi connectivity index (χ4v) is 4.16. The lowest BCUT2D eigenvalue weighted by atomic mass is 9.97. The lowest BCUT2D eigenvalue weighted by Gasteiger charge is -2.25. The Balaban J connectivity index is 2.18. The van der Waals surface area contributed by atoms with Crippen LogP contribution in [0.15, 0.2) is 60.7 Å². The van der Waals surface area contributed by atoms with Gasteiger partial charge in [0.15, 0.2) is 0 Å². The van der Waals surface area contributed by atoms with Crippen LogP contribution in [0.3, 0.4) is 0 Å². The number of nitrogens with zero attached hydrogens (tertiary/aromatic N) is 1. The molecule has 1 atom stereocenters. The molecule has 0 saturated heterocycles. The van der Waals surface area contributed by atoms with Crippen LogP contribution in [0, 0.1) is 11.3 Å². The first-order chi connectivity index (χ1) is 13.8. The molecule has 0 heterocycles. The standard InChI is InChI=1S/C21H15F3INO2S/c1-2-27-19(12-20(13-26,28-29-25)21(22,23)24)16-9-10-18-15(11-16)8-7-14-5-3-4-6-17(14)18/h3-12H,2H2,1H3/b19-12-. The zero-order chi connectivity index (χ0) is 21.1. The highest BCUT2D eigenvalue weighted by atomic mass is 127. The van der Waals surface area contributed by atoms with Gasteiger partial charge in [-0.25, -0.2) is 0 Å². The number of fused-ring (bicyclic) bond motifs is 3. The van der Waals surface area contributed by atoms with Gasteiger partial charge in [-0.05, 0) is 34.5 Å². The van der Waals surface area contributed by atoms with E-state index < -0.39 is 11.8 Å². The van der Waals surface area contributed by atoms with Crippen molar-refractivity contribution in [1.29, 1.82) is 5.26 Å². The first-order valence-electron chi connectivity index (χ1n) is 8.57. The van der Waals surface area contributed by atoms with Crippen molar-refractivity contribution in [2.45, 2.75) is 18.7 Å². The summed E-state index contributed by atoms with van der Waals surface area (Å²) in [7, 11) is 0.447. The highest BCUT2D eigenvalue weighted by Gasteiger charge is 2.57. The average Bonchev–Trinajstić information content (AvgIpc) is 2.71. The first-order valence-corrected chi connectivity index (χ1v) is 11.9. The fourth-order valence-electron chi connectivity index (χ4n) is 3.03. The van der Waals surface area contributed by atoms with Crippen LogP contribution >= 0.6 is 30.4 Å². The van der Waals surface area contributed by atoms with Gasteiger partial charge in [0, 0.05) is 32.8 Å². The van der Waals surface area contributed by atoms with Crippen molar-refractivity contribution in [3.05, 3.63) is 66.2 Å². The minimum absolute atomic E-state index is 0.0631. The molecule has 3 rings (SSSR count). The predicted octanol–water partition coefficient (Wildman–Crippen LogP) is 7.21. The molecule has 0 aromatic heterocycles. The van der Waals surface area contributed by atoms with Gasteiger partial charge in [-0.2, -0.15) is 18.4 Å². The van der Waals surface area contributed by atoms with Crippen LogP contribution < -0.4 is 0 Å². The van der Waals surface area contributed by atoms with Crippen molar-refractivity contribution in [2.24, 2.45) is 0 Å². The van der Waals surface area contributed by atoms with Crippen molar-refractivity contribution >= 4 is 57.7 Å². The van der Waals surface area contributed by atoms with E-state index >= 15 is 0 Å². The zero-order valence-corrected chi connectivity index (χ0v) is 18.1. The van der Waals surface area contributed by atoms with E-state index in [0.29, 0.717) is 20.9 Å². The Hall–Kier alpha value is -1.96. The SMILES string of the molecule is CCO/C(=C\C(C#N)(OSI)C(F)(F)F)c1ccc2c(ccc3ccccc32)c1. The van der Waals surface area contributed by atoms with Crippen LogP contribution in [0.5, 0.6) is 0 Å². The topological polar surface area (TPSA) is 42.2 Å².